The van der Waals surface area contributed by atoms with Crippen LogP contribution in [0.2, 0.25) is 0 Å². The Morgan fingerprint density at radius 3 is 2.47 bits per heavy atom. The summed E-state index contributed by atoms with van der Waals surface area (Å²) >= 11 is 0. The Bertz CT molecular complexity index is 376. The molecule has 1 rings (SSSR count). The Kier molecular flexibility index (Phi) is 5.20. The maximum Gasteiger partial charge on any atom is 0.305 e. The molecule has 2 N–H and O–H groups in total. The monoisotopic (exact) mass is 235 g/mol. The van der Waals surface area contributed by atoms with Gasteiger partial charge in [0.1, 0.15) is 0 Å². The van der Waals surface area contributed by atoms with Gasteiger partial charge in [0.2, 0.25) is 5.91 Å². The molecule has 1 amide bonds. The molecule has 0 radical (unpaired) electrons. The standard InChI is InChI=1S/C13H17NO3/c1-2-6-12(15)14-11(9-13(16)17)10-7-4-3-5-8-10/h3-5,7-8,11H,2,6,9H2,1H3,(H,14,15)(H,16,17). The van der Waals surface area contributed by atoms with Gasteiger partial charge in [-0.3, -0.25) is 9.59 Å². The highest BCUT2D eigenvalue weighted by Crippen LogP contribution is 2.16. The van der Waals surface area contributed by atoms with Gasteiger partial charge in [-0.2, -0.15) is 0 Å². The van der Waals surface area contributed by atoms with E-state index < -0.39 is 12.0 Å². The normalized spacial score (nSPS) is 11.8. The van der Waals surface area contributed by atoms with E-state index in [2.05, 4.69) is 5.32 Å². The van der Waals surface area contributed by atoms with E-state index in [-0.39, 0.29) is 12.3 Å². The molecule has 4 heteroatoms. The van der Waals surface area contributed by atoms with Crippen LogP contribution in [0.3, 0.4) is 0 Å². The number of carbonyl (C=O) groups is 2. The number of carbonyl (C=O) groups excluding carboxylic acids is 1. The molecule has 0 bridgehead atoms. The number of carboxylic acids is 1. The van der Waals surface area contributed by atoms with Crippen molar-refractivity contribution in [1.29, 1.82) is 0 Å². The molecule has 92 valence electrons. The van der Waals surface area contributed by atoms with Crippen LogP contribution in [0.4, 0.5) is 0 Å². The minimum atomic E-state index is -0.921. The lowest BCUT2D eigenvalue weighted by atomic mass is 10.0. The van der Waals surface area contributed by atoms with E-state index in [0.29, 0.717) is 6.42 Å². The van der Waals surface area contributed by atoms with E-state index in [1.807, 2.05) is 37.3 Å². The van der Waals surface area contributed by atoms with Gasteiger partial charge in [0.25, 0.3) is 0 Å². The zero-order chi connectivity index (χ0) is 12.7. The molecule has 1 atom stereocenters. The molecule has 1 aromatic carbocycles. The Hall–Kier alpha value is -1.84. The summed E-state index contributed by atoms with van der Waals surface area (Å²) < 4.78 is 0. The van der Waals surface area contributed by atoms with Crippen LogP contribution in [0.1, 0.15) is 37.8 Å². The molecule has 0 saturated carbocycles. The van der Waals surface area contributed by atoms with Crippen LogP contribution in [-0.4, -0.2) is 17.0 Å². The third kappa shape index (κ3) is 4.68. The third-order valence-corrected chi connectivity index (χ3v) is 2.39. The molecule has 0 aliphatic carbocycles. The summed E-state index contributed by atoms with van der Waals surface area (Å²) in [5.74, 6) is -1.03. The molecule has 4 nitrogen and oxygen atoms in total. The fraction of sp³-hybridized carbons (Fsp3) is 0.385. The maximum absolute atomic E-state index is 11.5. The second-order valence-corrected chi connectivity index (χ2v) is 3.88. The summed E-state index contributed by atoms with van der Waals surface area (Å²) in [6.45, 7) is 1.91. The second kappa shape index (κ2) is 6.68. The lowest BCUT2D eigenvalue weighted by Crippen LogP contribution is -2.29. The molecule has 0 heterocycles. The van der Waals surface area contributed by atoms with Crippen LogP contribution < -0.4 is 5.32 Å². The van der Waals surface area contributed by atoms with E-state index in [1.165, 1.54) is 0 Å². The molecule has 0 aliphatic heterocycles. The molecular weight excluding hydrogens is 218 g/mol. The summed E-state index contributed by atoms with van der Waals surface area (Å²) in [4.78, 5) is 22.3. The minimum Gasteiger partial charge on any atom is -0.481 e. The number of carboxylic acid groups (broad SMARTS) is 1. The first kappa shape index (κ1) is 13.2. The zero-order valence-corrected chi connectivity index (χ0v) is 9.85. The van der Waals surface area contributed by atoms with Crippen molar-refractivity contribution in [2.75, 3.05) is 0 Å². The van der Waals surface area contributed by atoms with Crippen molar-refractivity contribution in [3.05, 3.63) is 35.9 Å². The van der Waals surface area contributed by atoms with E-state index in [4.69, 9.17) is 5.11 Å². The van der Waals surface area contributed by atoms with Gasteiger partial charge in [-0.1, -0.05) is 37.3 Å². The van der Waals surface area contributed by atoms with Crippen LogP contribution in [0.5, 0.6) is 0 Å². The first-order valence-electron chi connectivity index (χ1n) is 5.69. The molecule has 0 aliphatic rings. The minimum absolute atomic E-state index is 0.0978. The van der Waals surface area contributed by atoms with Crippen LogP contribution in [0.15, 0.2) is 30.3 Å². The van der Waals surface area contributed by atoms with Gasteiger partial charge in [0, 0.05) is 6.42 Å². The largest absolute Gasteiger partial charge is 0.481 e. The molecule has 0 spiro atoms. The van der Waals surface area contributed by atoms with E-state index in [0.717, 1.165) is 12.0 Å². The van der Waals surface area contributed by atoms with Crippen molar-refractivity contribution in [2.45, 2.75) is 32.2 Å². The first-order chi connectivity index (χ1) is 8.13. The molecule has 17 heavy (non-hydrogen) atoms. The Morgan fingerprint density at radius 1 is 1.29 bits per heavy atom. The summed E-state index contributed by atoms with van der Waals surface area (Å²) in [6, 6.07) is 8.70. The quantitative estimate of drug-likeness (QED) is 0.793. The number of benzene rings is 1. The van der Waals surface area contributed by atoms with Gasteiger partial charge >= 0.3 is 5.97 Å². The average molecular weight is 235 g/mol. The van der Waals surface area contributed by atoms with Gasteiger partial charge in [-0.15, -0.1) is 0 Å². The predicted molar refractivity (Wildman–Crippen MR) is 64.5 cm³/mol. The van der Waals surface area contributed by atoms with Crippen LogP contribution in [-0.2, 0) is 9.59 Å². The predicted octanol–water partition coefficient (Wildman–Crippen LogP) is 2.12. The topological polar surface area (TPSA) is 66.4 Å². The fourth-order valence-corrected chi connectivity index (χ4v) is 1.61. The van der Waals surface area contributed by atoms with Crippen molar-refractivity contribution in [2.24, 2.45) is 0 Å². The smallest absolute Gasteiger partial charge is 0.305 e. The molecule has 0 fully saturated rings. The summed E-state index contributed by atoms with van der Waals surface area (Å²) in [5.41, 5.74) is 0.819. The Labute approximate surface area is 101 Å². The number of hydrogen-bond donors (Lipinski definition) is 2. The summed E-state index contributed by atoms with van der Waals surface area (Å²) in [6.07, 6.45) is 1.07. The van der Waals surface area contributed by atoms with Crippen molar-refractivity contribution in [3.63, 3.8) is 0 Å². The van der Waals surface area contributed by atoms with Crippen LogP contribution >= 0.6 is 0 Å². The zero-order valence-electron chi connectivity index (χ0n) is 9.85. The Balaban J connectivity index is 2.74. The highest BCUT2D eigenvalue weighted by Gasteiger charge is 2.17. The van der Waals surface area contributed by atoms with Crippen molar-refractivity contribution in [3.8, 4) is 0 Å². The molecular formula is C13H17NO3. The van der Waals surface area contributed by atoms with Crippen molar-refractivity contribution in [1.82, 2.24) is 5.32 Å². The molecule has 1 unspecified atom stereocenters. The Morgan fingerprint density at radius 2 is 1.94 bits per heavy atom. The van der Waals surface area contributed by atoms with Gasteiger partial charge in [0.05, 0.1) is 12.5 Å². The van der Waals surface area contributed by atoms with Gasteiger partial charge < -0.3 is 10.4 Å². The van der Waals surface area contributed by atoms with Gasteiger partial charge in [0.15, 0.2) is 0 Å². The lowest BCUT2D eigenvalue weighted by Gasteiger charge is -2.17. The summed E-state index contributed by atoms with van der Waals surface area (Å²) in [5, 5.41) is 11.6. The fourth-order valence-electron chi connectivity index (χ4n) is 1.61. The highest BCUT2D eigenvalue weighted by atomic mass is 16.4. The highest BCUT2D eigenvalue weighted by molar-refractivity contribution is 5.77. The number of aliphatic carboxylic acids is 1. The third-order valence-electron chi connectivity index (χ3n) is 2.39. The molecule has 0 aromatic heterocycles. The second-order valence-electron chi connectivity index (χ2n) is 3.88. The number of nitrogens with one attached hydrogen (secondary N) is 1. The van der Waals surface area contributed by atoms with Crippen LogP contribution in [0.25, 0.3) is 0 Å². The van der Waals surface area contributed by atoms with E-state index >= 15 is 0 Å². The summed E-state index contributed by atoms with van der Waals surface area (Å²) in [7, 11) is 0. The average Bonchev–Trinajstić information content (AvgIpc) is 2.29. The van der Waals surface area contributed by atoms with Crippen molar-refractivity contribution >= 4 is 11.9 Å². The van der Waals surface area contributed by atoms with Gasteiger partial charge in [-0.25, -0.2) is 0 Å². The molecule has 0 saturated heterocycles. The maximum atomic E-state index is 11.5. The van der Waals surface area contributed by atoms with E-state index in [1.54, 1.807) is 0 Å². The lowest BCUT2D eigenvalue weighted by molar-refractivity contribution is -0.137. The van der Waals surface area contributed by atoms with E-state index in [9.17, 15) is 9.59 Å². The molecule has 1 aromatic rings. The van der Waals surface area contributed by atoms with Crippen molar-refractivity contribution < 1.29 is 14.7 Å². The number of rotatable bonds is 6. The first-order valence-corrected chi connectivity index (χ1v) is 5.69. The van der Waals surface area contributed by atoms with Gasteiger partial charge in [-0.05, 0) is 12.0 Å². The van der Waals surface area contributed by atoms with Crippen LogP contribution in [0, 0.1) is 0 Å². The SMILES string of the molecule is CCCC(=O)NC(CC(=O)O)c1ccccc1. The number of hydrogen-bond acceptors (Lipinski definition) is 2. The number of amides is 1.